The van der Waals surface area contributed by atoms with E-state index < -0.39 is 11.0 Å². The highest BCUT2D eigenvalue weighted by atomic mass is 16.5. The second kappa shape index (κ2) is 6.12. The van der Waals surface area contributed by atoms with Crippen molar-refractivity contribution in [2.45, 2.75) is 49.3 Å². The number of benzene rings is 2. The normalized spacial score (nSPS) is 33.9. The first-order valence-corrected chi connectivity index (χ1v) is 12.5. The Kier molecular flexibility index (Phi) is 3.50. The molecule has 0 bridgehead atoms. The number of ether oxygens (including phenoxy) is 1. The summed E-state index contributed by atoms with van der Waals surface area (Å²) in [5.74, 6) is 1.60. The van der Waals surface area contributed by atoms with Crippen LogP contribution in [0.2, 0.25) is 0 Å². The van der Waals surface area contributed by atoms with Crippen LogP contribution in [0.4, 0.5) is 5.69 Å². The van der Waals surface area contributed by atoms with Crippen LogP contribution in [0.3, 0.4) is 0 Å². The second-order valence-electron chi connectivity index (χ2n) is 11.3. The Balaban J connectivity index is 1.34. The molecular weight excluding hydrogens is 442 g/mol. The number of piperidine rings is 1. The van der Waals surface area contributed by atoms with Gasteiger partial charge in [0.1, 0.15) is 0 Å². The van der Waals surface area contributed by atoms with Crippen LogP contribution in [-0.4, -0.2) is 50.8 Å². The number of anilines is 1. The topological polar surface area (TPSA) is 131 Å². The molecule has 3 aliphatic carbocycles. The lowest BCUT2D eigenvalue weighted by molar-refractivity contribution is -0.307. The minimum atomic E-state index is -0.995. The summed E-state index contributed by atoms with van der Waals surface area (Å²) in [6, 6.07) is 9.61. The average molecular weight is 472 g/mol. The number of rotatable bonds is 3. The van der Waals surface area contributed by atoms with Crippen LogP contribution >= 0.6 is 0 Å². The van der Waals surface area contributed by atoms with Crippen molar-refractivity contribution in [2.24, 2.45) is 17.6 Å². The highest BCUT2D eigenvalue weighted by Crippen LogP contribution is 2.76. The van der Waals surface area contributed by atoms with E-state index in [1.807, 2.05) is 24.3 Å². The van der Waals surface area contributed by atoms with Crippen LogP contribution < -0.4 is 15.8 Å². The number of phenolic OH excluding ortho intramolecular Hbond substituents is 1. The molecule has 8 nitrogen and oxygen atoms in total. The van der Waals surface area contributed by atoms with E-state index in [4.69, 9.17) is 15.9 Å². The molecule has 180 valence electrons. The van der Waals surface area contributed by atoms with Crippen molar-refractivity contribution in [2.75, 3.05) is 18.4 Å². The number of aromatic nitrogens is 1. The molecule has 1 aromatic heterocycles. The van der Waals surface area contributed by atoms with Gasteiger partial charge >= 0.3 is 0 Å². The number of likely N-dealkylation sites (tertiary alicyclic amines) is 1. The number of aliphatic hydroxyl groups is 1. The number of aryl methyl sites for hydroxylation is 1. The summed E-state index contributed by atoms with van der Waals surface area (Å²) in [6.45, 7) is 4.08. The molecule has 0 radical (unpaired) electrons. The van der Waals surface area contributed by atoms with Crippen LogP contribution in [0.25, 0.3) is 10.9 Å². The molecule has 35 heavy (non-hydrogen) atoms. The zero-order chi connectivity index (χ0) is 23.9. The highest BCUT2D eigenvalue weighted by molar-refractivity contribution is 5.95. The van der Waals surface area contributed by atoms with Crippen LogP contribution in [0.5, 0.6) is 11.5 Å². The molecule has 5 aliphatic rings. The van der Waals surface area contributed by atoms with Crippen molar-refractivity contribution in [1.82, 2.24) is 9.88 Å². The molecule has 7 N–H and O–H groups in total. The van der Waals surface area contributed by atoms with E-state index in [0.29, 0.717) is 12.2 Å². The molecule has 5 atom stereocenters. The van der Waals surface area contributed by atoms with Gasteiger partial charge in [-0.25, -0.2) is 0 Å². The van der Waals surface area contributed by atoms with E-state index in [1.165, 1.54) is 12.8 Å². The van der Waals surface area contributed by atoms with Gasteiger partial charge in [0, 0.05) is 53.6 Å². The number of aromatic amines is 1. The summed E-state index contributed by atoms with van der Waals surface area (Å²) < 4.78 is 6.61. The average Bonchev–Trinajstić information content (AvgIpc) is 3.43. The number of hydrogen-bond acceptors (Lipinski definition) is 5. The molecule has 1 saturated heterocycles. The largest absolute Gasteiger partial charge is 0.504 e. The highest BCUT2D eigenvalue weighted by Gasteiger charge is 2.84. The predicted molar refractivity (Wildman–Crippen MR) is 132 cm³/mol. The smallest absolute Gasteiger partial charge is 0.190 e. The summed E-state index contributed by atoms with van der Waals surface area (Å²) in [4.78, 5) is 6.10. The first kappa shape index (κ1) is 20.0. The van der Waals surface area contributed by atoms with Crippen LogP contribution in [0.1, 0.15) is 41.3 Å². The Morgan fingerprint density at radius 2 is 2.14 bits per heavy atom. The minimum Gasteiger partial charge on any atom is -0.504 e. The van der Waals surface area contributed by atoms with Gasteiger partial charge in [0.15, 0.2) is 23.6 Å². The van der Waals surface area contributed by atoms with Crippen molar-refractivity contribution in [3.05, 3.63) is 52.7 Å². The zero-order valence-corrected chi connectivity index (χ0v) is 19.6. The fraction of sp³-hybridized carbons (Fsp3) is 0.444. The predicted octanol–water partition coefficient (Wildman–Crippen LogP) is 2.87. The molecule has 8 heteroatoms. The number of hydrogen-bond donors (Lipinski definition) is 6. The molecule has 3 fully saturated rings. The third kappa shape index (κ3) is 2.19. The lowest BCUT2D eigenvalue weighted by atomic mass is 9.36. The third-order valence-corrected chi connectivity index (χ3v) is 9.52. The van der Waals surface area contributed by atoms with Gasteiger partial charge in [-0.05, 0) is 61.1 Å². The maximum Gasteiger partial charge on any atom is 0.190 e. The van der Waals surface area contributed by atoms with Crippen LogP contribution in [-0.2, 0) is 11.8 Å². The zero-order valence-electron chi connectivity index (χ0n) is 19.6. The van der Waals surface area contributed by atoms with E-state index in [-0.39, 0.29) is 29.8 Å². The van der Waals surface area contributed by atoms with Crippen molar-refractivity contribution in [3.63, 3.8) is 0 Å². The quantitative estimate of drug-likeness (QED) is 0.257. The lowest BCUT2D eigenvalue weighted by Crippen LogP contribution is -2.90. The van der Waals surface area contributed by atoms with Gasteiger partial charge in [-0.15, -0.1) is 0 Å². The van der Waals surface area contributed by atoms with E-state index >= 15 is 0 Å². The van der Waals surface area contributed by atoms with Crippen LogP contribution in [0.15, 0.2) is 30.3 Å². The number of nitrogens with zero attached hydrogens (tertiary/aromatic N) is 1. The molecule has 2 aliphatic heterocycles. The Labute approximate surface area is 202 Å². The maximum absolute atomic E-state index is 12.7. The number of phenols is 1. The Morgan fingerprint density at radius 3 is 2.91 bits per heavy atom. The number of guanidine groups is 1. The van der Waals surface area contributed by atoms with Gasteiger partial charge in [0.2, 0.25) is 0 Å². The first-order valence-electron chi connectivity index (χ1n) is 12.5. The Hall–Kier alpha value is -3.23. The molecular formula is C27H29N5O3. The molecule has 3 aromatic rings. The Bertz CT molecular complexity index is 1460. The first-order chi connectivity index (χ1) is 16.8. The van der Waals surface area contributed by atoms with Gasteiger partial charge in [-0.2, -0.15) is 0 Å². The fourth-order valence-corrected chi connectivity index (χ4v) is 8.09. The second-order valence-corrected chi connectivity index (χ2v) is 11.3. The monoisotopic (exact) mass is 471 g/mol. The number of H-pyrrole nitrogens is 1. The molecule has 8 rings (SSSR count). The standard InChI is InChI=1S/C27H29N5O3/c1-12-2-7-19(33)22-20(12)27-17-11-32(10-13-3-4-13)23(17)26(27,34)9-16-15-8-14(30-25(28)29)5-6-18(15)31-21(16)24(27)35-22/h2,5-8,13,17,23-24,31,33-34H,3-4,9-11H2,1H3,(H4,28,29,30)/t17-,23?,24-,26+,27-/m0/s1. The number of nitrogens with two attached hydrogens (primary N) is 1. The Morgan fingerprint density at radius 1 is 1.31 bits per heavy atom. The number of fused-ring (bicyclic) bond motifs is 7. The van der Waals surface area contributed by atoms with Gasteiger partial charge in [-0.1, -0.05) is 6.07 Å². The van der Waals surface area contributed by atoms with Gasteiger partial charge in [0.05, 0.1) is 16.7 Å². The van der Waals surface area contributed by atoms with E-state index in [2.05, 4.69) is 22.1 Å². The molecule has 3 heterocycles. The summed E-state index contributed by atoms with van der Waals surface area (Å²) in [7, 11) is 0. The van der Waals surface area contributed by atoms with Crippen molar-refractivity contribution in [3.8, 4) is 11.5 Å². The molecule has 2 saturated carbocycles. The fourth-order valence-electron chi connectivity index (χ4n) is 8.09. The summed E-state index contributed by atoms with van der Waals surface area (Å²) in [5, 5.41) is 35.0. The third-order valence-electron chi connectivity index (χ3n) is 9.52. The summed E-state index contributed by atoms with van der Waals surface area (Å²) >= 11 is 0. The molecule has 1 unspecified atom stereocenters. The molecule has 1 spiro atoms. The van der Waals surface area contributed by atoms with E-state index in [9.17, 15) is 10.2 Å². The minimum absolute atomic E-state index is 0.0959. The van der Waals surface area contributed by atoms with Gasteiger partial charge in [-0.3, -0.25) is 10.3 Å². The van der Waals surface area contributed by atoms with Crippen molar-refractivity contribution < 1.29 is 14.9 Å². The van der Waals surface area contributed by atoms with E-state index in [1.54, 1.807) is 6.07 Å². The maximum atomic E-state index is 12.7. The number of aromatic hydroxyl groups is 1. The summed E-state index contributed by atoms with van der Waals surface area (Å²) in [6.07, 6.45) is 2.71. The number of nitrogens with one attached hydrogen (secondary N) is 3. The SMILES string of the molecule is Cc1ccc(O)c2c1[C@@]13[C@@H](O2)c2[nH]c4ccc(NC(=N)N)cc4c2C[C@@]1(O)C1[C@@H]3CN1CC1CC1. The van der Waals surface area contributed by atoms with Gasteiger partial charge in [0.25, 0.3) is 0 Å². The summed E-state index contributed by atoms with van der Waals surface area (Å²) in [5.41, 5.74) is 9.79. The molecule has 0 amide bonds. The van der Waals surface area contributed by atoms with Crippen molar-refractivity contribution in [1.29, 1.82) is 5.41 Å². The van der Waals surface area contributed by atoms with E-state index in [0.717, 1.165) is 58.0 Å². The van der Waals surface area contributed by atoms with Crippen molar-refractivity contribution >= 4 is 22.5 Å². The van der Waals surface area contributed by atoms with Gasteiger partial charge < -0.3 is 31.0 Å². The molecule has 2 aromatic carbocycles. The van der Waals surface area contributed by atoms with Crippen LogP contribution in [0, 0.1) is 24.2 Å². The lowest BCUT2D eigenvalue weighted by Gasteiger charge is -2.76.